The molecule has 3 rings (SSSR count). The first-order chi connectivity index (χ1) is 13.5. The van der Waals surface area contributed by atoms with Gasteiger partial charge in [-0.05, 0) is 55.9 Å². The van der Waals surface area contributed by atoms with Gasteiger partial charge in [-0.3, -0.25) is 5.10 Å². The van der Waals surface area contributed by atoms with Crippen LogP contribution in [0.3, 0.4) is 0 Å². The summed E-state index contributed by atoms with van der Waals surface area (Å²) in [4.78, 5) is 2.15. The number of phenols is 1. The highest BCUT2D eigenvalue weighted by molar-refractivity contribution is 7.71. The Bertz CT molecular complexity index is 1020. The number of rotatable bonds is 7. The van der Waals surface area contributed by atoms with Crippen molar-refractivity contribution < 1.29 is 9.50 Å². The molecule has 8 heteroatoms. The fourth-order valence-corrected chi connectivity index (χ4v) is 3.09. The zero-order valence-corrected chi connectivity index (χ0v) is 16.6. The van der Waals surface area contributed by atoms with E-state index in [1.807, 2.05) is 12.1 Å². The maximum Gasteiger partial charge on any atom is 0.216 e. The van der Waals surface area contributed by atoms with Gasteiger partial charge in [0, 0.05) is 36.8 Å². The van der Waals surface area contributed by atoms with E-state index in [1.54, 1.807) is 24.4 Å². The number of benzene rings is 2. The molecular weight excluding hydrogens is 377 g/mol. The van der Waals surface area contributed by atoms with E-state index >= 15 is 0 Å². The molecule has 0 aliphatic rings. The maximum atomic E-state index is 13.1. The molecule has 0 radical (unpaired) electrons. The Morgan fingerprint density at radius 3 is 2.57 bits per heavy atom. The molecule has 0 aliphatic carbocycles. The van der Waals surface area contributed by atoms with Gasteiger partial charge in [0.05, 0.1) is 6.21 Å². The Morgan fingerprint density at radius 1 is 1.21 bits per heavy atom. The summed E-state index contributed by atoms with van der Waals surface area (Å²) < 4.78 is 14.9. The van der Waals surface area contributed by atoms with Gasteiger partial charge in [0.25, 0.3) is 0 Å². The maximum absolute atomic E-state index is 13.1. The summed E-state index contributed by atoms with van der Waals surface area (Å²) in [5.41, 5.74) is 2.42. The first-order valence-corrected chi connectivity index (χ1v) is 9.45. The number of aromatic nitrogens is 3. The molecule has 28 heavy (non-hydrogen) atoms. The molecule has 0 atom stereocenters. The third kappa shape index (κ3) is 4.45. The number of nitrogens with one attached hydrogen (secondary N) is 1. The largest absolute Gasteiger partial charge is 0.507 e. The topological polar surface area (TPSA) is 69.4 Å². The van der Waals surface area contributed by atoms with Crippen molar-refractivity contribution in [1.82, 2.24) is 14.9 Å². The van der Waals surface area contributed by atoms with Crippen molar-refractivity contribution in [3.05, 3.63) is 70.0 Å². The van der Waals surface area contributed by atoms with Crippen LogP contribution in [0.2, 0.25) is 0 Å². The second-order valence-electron chi connectivity index (χ2n) is 6.22. The predicted molar refractivity (Wildman–Crippen MR) is 111 cm³/mol. The van der Waals surface area contributed by atoms with Crippen LogP contribution in [0.1, 0.15) is 30.8 Å². The molecule has 146 valence electrons. The Hall–Kier alpha value is -3.00. The van der Waals surface area contributed by atoms with Crippen LogP contribution >= 0.6 is 12.2 Å². The second kappa shape index (κ2) is 8.79. The van der Waals surface area contributed by atoms with Crippen molar-refractivity contribution in [3.8, 4) is 5.75 Å². The molecule has 0 saturated carbocycles. The van der Waals surface area contributed by atoms with Crippen molar-refractivity contribution in [3.63, 3.8) is 0 Å². The molecule has 1 heterocycles. The van der Waals surface area contributed by atoms with Crippen LogP contribution in [0.15, 0.2) is 47.6 Å². The number of hydrogen-bond donors (Lipinski definition) is 2. The van der Waals surface area contributed by atoms with E-state index in [1.165, 1.54) is 16.8 Å². The predicted octanol–water partition coefficient (Wildman–Crippen LogP) is 4.10. The Labute approximate surface area is 168 Å². The third-order valence-corrected chi connectivity index (χ3v) is 4.71. The standard InChI is InChI=1S/C20H22FN5OS/c1-3-25(4-2)17-10-7-15(18(27)12-17)13-22-26-19(23-24-20(26)28)11-14-5-8-16(21)9-6-14/h5-10,12-13,27H,3-4,11H2,1-2H3,(H,24,28)/b22-13+. The molecule has 2 aromatic carbocycles. The molecule has 0 fully saturated rings. The molecule has 0 bridgehead atoms. The molecule has 0 saturated heterocycles. The van der Waals surface area contributed by atoms with E-state index in [0.717, 1.165) is 24.3 Å². The molecule has 3 aromatic rings. The molecule has 0 unspecified atom stereocenters. The molecule has 0 aliphatic heterocycles. The molecule has 0 amide bonds. The first-order valence-electron chi connectivity index (χ1n) is 9.04. The normalized spacial score (nSPS) is 11.2. The lowest BCUT2D eigenvalue weighted by Gasteiger charge is -2.21. The van der Waals surface area contributed by atoms with Gasteiger partial charge in [-0.1, -0.05) is 12.1 Å². The average Bonchev–Trinajstić information content (AvgIpc) is 3.03. The minimum atomic E-state index is -0.288. The van der Waals surface area contributed by atoms with Crippen LogP contribution in [0.25, 0.3) is 0 Å². The van der Waals surface area contributed by atoms with Gasteiger partial charge in [-0.15, -0.1) is 0 Å². The fraction of sp³-hybridized carbons (Fsp3) is 0.250. The lowest BCUT2D eigenvalue weighted by Crippen LogP contribution is -2.21. The summed E-state index contributed by atoms with van der Waals surface area (Å²) in [6, 6.07) is 11.7. The molecule has 6 nitrogen and oxygen atoms in total. The van der Waals surface area contributed by atoms with E-state index in [-0.39, 0.29) is 11.6 Å². The van der Waals surface area contributed by atoms with E-state index < -0.39 is 0 Å². The van der Waals surface area contributed by atoms with Crippen LogP contribution in [-0.2, 0) is 6.42 Å². The summed E-state index contributed by atoms with van der Waals surface area (Å²) in [7, 11) is 0. The van der Waals surface area contributed by atoms with Crippen molar-refractivity contribution in [1.29, 1.82) is 0 Å². The molecular formula is C20H22FN5OS. The SMILES string of the molecule is CCN(CC)c1ccc(/C=N/n2c(Cc3ccc(F)cc3)n[nH]c2=S)c(O)c1. The van der Waals surface area contributed by atoms with Crippen LogP contribution in [-0.4, -0.2) is 39.3 Å². The summed E-state index contributed by atoms with van der Waals surface area (Å²) in [6.45, 7) is 5.86. The van der Waals surface area contributed by atoms with Crippen molar-refractivity contribution in [2.24, 2.45) is 5.10 Å². The first kappa shape index (κ1) is 19.8. The average molecular weight is 399 g/mol. The third-order valence-electron chi connectivity index (χ3n) is 4.45. The smallest absolute Gasteiger partial charge is 0.216 e. The Balaban J connectivity index is 1.84. The molecule has 2 N–H and O–H groups in total. The van der Waals surface area contributed by atoms with Crippen LogP contribution in [0.5, 0.6) is 5.75 Å². The number of aromatic hydroxyl groups is 1. The minimum absolute atomic E-state index is 0.142. The number of hydrogen-bond acceptors (Lipinski definition) is 5. The monoisotopic (exact) mass is 399 g/mol. The lowest BCUT2D eigenvalue weighted by atomic mass is 10.1. The van der Waals surface area contributed by atoms with Crippen molar-refractivity contribution in [2.45, 2.75) is 20.3 Å². The molecule has 0 spiro atoms. The van der Waals surface area contributed by atoms with Crippen molar-refractivity contribution in [2.75, 3.05) is 18.0 Å². The van der Waals surface area contributed by atoms with Gasteiger partial charge in [-0.25, -0.2) is 4.39 Å². The Kier molecular flexibility index (Phi) is 6.20. The minimum Gasteiger partial charge on any atom is -0.507 e. The summed E-state index contributed by atoms with van der Waals surface area (Å²) in [5.74, 6) is 0.444. The van der Waals surface area contributed by atoms with E-state index in [4.69, 9.17) is 12.2 Å². The Morgan fingerprint density at radius 2 is 1.93 bits per heavy atom. The number of phenolic OH excluding ortho intramolecular Hbond substituents is 1. The number of nitrogens with zero attached hydrogens (tertiary/aromatic N) is 4. The van der Waals surface area contributed by atoms with Gasteiger partial charge in [0.2, 0.25) is 4.77 Å². The number of H-pyrrole nitrogens is 1. The van der Waals surface area contributed by atoms with Gasteiger partial charge in [-0.2, -0.15) is 14.9 Å². The van der Waals surface area contributed by atoms with Crippen molar-refractivity contribution >= 4 is 24.1 Å². The van der Waals surface area contributed by atoms with E-state index in [0.29, 0.717) is 22.6 Å². The van der Waals surface area contributed by atoms with Gasteiger partial charge >= 0.3 is 0 Å². The van der Waals surface area contributed by atoms with E-state index in [2.05, 4.69) is 34.0 Å². The van der Waals surface area contributed by atoms with Gasteiger partial charge in [0.15, 0.2) is 5.82 Å². The van der Waals surface area contributed by atoms with Gasteiger partial charge < -0.3 is 10.0 Å². The summed E-state index contributed by atoms with van der Waals surface area (Å²) >= 11 is 5.25. The second-order valence-corrected chi connectivity index (χ2v) is 6.61. The number of anilines is 1. The number of halogens is 1. The summed E-state index contributed by atoms with van der Waals surface area (Å²) in [5, 5.41) is 21.6. The van der Waals surface area contributed by atoms with E-state index in [9.17, 15) is 9.50 Å². The zero-order chi connectivity index (χ0) is 20.1. The fourth-order valence-electron chi connectivity index (χ4n) is 2.89. The van der Waals surface area contributed by atoms with Crippen LogP contribution < -0.4 is 4.90 Å². The molecule has 1 aromatic heterocycles. The highest BCUT2D eigenvalue weighted by Crippen LogP contribution is 2.23. The van der Waals surface area contributed by atoms with Crippen LogP contribution in [0, 0.1) is 10.6 Å². The van der Waals surface area contributed by atoms with Gasteiger partial charge in [0.1, 0.15) is 11.6 Å². The zero-order valence-electron chi connectivity index (χ0n) is 15.8. The highest BCUT2D eigenvalue weighted by Gasteiger charge is 2.08. The quantitative estimate of drug-likeness (QED) is 0.463. The highest BCUT2D eigenvalue weighted by atomic mass is 32.1. The number of aromatic amines is 1. The summed E-state index contributed by atoms with van der Waals surface area (Å²) in [6.07, 6.45) is 1.98. The van der Waals surface area contributed by atoms with Crippen LogP contribution in [0.4, 0.5) is 10.1 Å². The lowest BCUT2D eigenvalue weighted by molar-refractivity contribution is 0.474.